The quantitative estimate of drug-likeness (QED) is 0.691. The zero-order valence-corrected chi connectivity index (χ0v) is 13.6. The van der Waals surface area contributed by atoms with Crippen molar-refractivity contribution in [2.24, 2.45) is 5.92 Å². The molecule has 1 aliphatic carbocycles. The SMILES string of the molecule is CCCc1ccc(C2CCC(C=CCCC(=O)O)CC2)cc1. The predicted octanol–water partition coefficient (Wildman–Crippen LogP) is 5.33. The summed E-state index contributed by atoms with van der Waals surface area (Å²) >= 11 is 0. The van der Waals surface area contributed by atoms with E-state index in [1.165, 1.54) is 49.7 Å². The molecule has 22 heavy (non-hydrogen) atoms. The van der Waals surface area contributed by atoms with Crippen molar-refractivity contribution >= 4 is 5.97 Å². The van der Waals surface area contributed by atoms with E-state index in [9.17, 15) is 4.79 Å². The highest BCUT2D eigenvalue weighted by atomic mass is 16.4. The third kappa shape index (κ3) is 5.32. The summed E-state index contributed by atoms with van der Waals surface area (Å²) in [6.45, 7) is 2.22. The Hall–Kier alpha value is -1.57. The summed E-state index contributed by atoms with van der Waals surface area (Å²) < 4.78 is 0. The van der Waals surface area contributed by atoms with E-state index < -0.39 is 5.97 Å². The molecule has 0 bridgehead atoms. The maximum atomic E-state index is 10.5. The molecule has 0 heterocycles. The molecule has 1 aliphatic rings. The number of aryl methyl sites for hydroxylation is 1. The molecule has 120 valence electrons. The van der Waals surface area contributed by atoms with Crippen LogP contribution in [0.15, 0.2) is 36.4 Å². The van der Waals surface area contributed by atoms with Crippen LogP contribution < -0.4 is 0 Å². The molecule has 1 N–H and O–H groups in total. The van der Waals surface area contributed by atoms with E-state index in [0.29, 0.717) is 18.3 Å². The van der Waals surface area contributed by atoms with Crippen LogP contribution in [-0.4, -0.2) is 11.1 Å². The van der Waals surface area contributed by atoms with E-state index >= 15 is 0 Å². The van der Waals surface area contributed by atoms with Gasteiger partial charge in [0.1, 0.15) is 0 Å². The number of benzene rings is 1. The maximum Gasteiger partial charge on any atom is 0.303 e. The minimum absolute atomic E-state index is 0.246. The third-order valence-corrected chi connectivity index (χ3v) is 4.69. The van der Waals surface area contributed by atoms with Crippen LogP contribution in [0.2, 0.25) is 0 Å². The molecule has 0 spiro atoms. The number of hydrogen-bond acceptors (Lipinski definition) is 1. The number of aliphatic carboxylic acids is 1. The molecule has 2 heteroatoms. The van der Waals surface area contributed by atoms with Gasteiger partial charge in [-0.05, 0) is 61.5 Å². The Morgan fingerprint density at radius 3 is 2.45 bits per heavy atom. The molecule has 0 unspecified atom stereocenters. The molecule has 1 saturated carbocycles. The van der Waals surface area contributed by atoms with E-state index in [4.69, 9.17) is 5.11 Å². The average molecular weight is 300 g/mol. The summed E-state index contributed by atoms with van der Waals surface area (Å²) in [5.41, 5.74) is 2.94. The van der Waals surface area contributed by atoms with E-state index in [2.05, 4.69) is 43.3 Å². The number of rotatable bonds is 7. The van der Waals surface area contributed by atoms with Gasteiger partial charge in [-0.25, -0.2) is 0 Å². The molecule has 0 atom stereocenters. The molecule has 1 aromatic carbocycles. The Bertz CT molecular complexity index is 479. The highest BCUT2D eigenvalue weighted by Gasteiger charge is 2.20. The zero-order valence-electron chi connectivity index (χ0n) is 13.6. The lowest BCUT2D eigenvalue weighted by Gasteiger charge is -2.27. The number of carboxylic acids is 1. The van der Waals surface area contributed by atoms with Gasteiger partial charge in [-0.15, -0.1) is 0 Å². The standard InChI is InChI=1S/C20H28O2/c1-2-5-16-8-12-18(13-9-16)19-14-10-17(11-15-19)6-3-4-7-20(21)22/h3,6,8-9,12-13,17,19H,2,4-5,7,10-11,14-15H2,1H3,(H,21,22). The van der Waals surface area contributed by atoms with E-state index in [1.807, 2.05) is 0 Å². The molecule has 0 aliphatic heterocycles. The Morgan fingerprint density at radius 1 is 1.18 bits per heavy atom. The van der Waals surface area contributed by atoms with Gasteiger partial charge in [-0.1, -0.05) is 49.8 Å². The monoisotopic (exact) mass is 300 g/mol. The molecular formula is C20H28O2. The van der Waals surface area contributed by atoms with Crippen molar-refractivity contribution in [3.05, 3.63) is 47.5 Å². The predicted molar refractivity (Wildman–Crippen MR) is 91.1 cm³/mol. The summed E-state index contributed by atoms with van der Waals surface area (Å²) in [6.07, 6.45) is 12.5. The van der Waals surface area contributed by atoms with Gasteiger partial charge in [0, 0.05) is 6.42 Å². The number of carboxylic acid groups (broad SMARTS) is 1. The maximum absolute atomic E-state index is 10.5. The van der Waals surface area contributed by atoms with Gasteiger partial charge in [-0.2, -0.15) is 0 Å². The smallest absolute Gasteiger partial charge is 0.303 e. The van der Waals surface area contributed by atoms with Crippen LogP contribution in [0, 0.1) is 5.92 Å². The molecular weight excluding hydrogens is 272 g/mol. The first-order valence-electron chi connectivity index (χ1n) is 8.66. The largest absolute Gasteiger partial charge is 0.481 e. The Morgan fingerprint density at radius 2 is 1.86 bits per heavy atom. The van der Waals surface area contributed by atoms with E-state index in [1.54, 1.807) is 0 Å². The van der Waals surface area contributed by atoms with Crippen molar-refractivity contribution < 1.29 is 9.90 Å². The van der Waals surface area contributed by atoms with Crippen molar-refractivity contribution in [3.8, 4) is 0 Å². The fourth-order valence-corrected chi connectivity index (χ4v) is 3.39. The number of hydrogen-bond donors (Lipinski definition) is 1. The normalized spacial score (nSPS) is 22.0. The van der Waals surface area contributed by atoms with Crippen molar-refractivity contribution in [3.63, 3.8) is 0 Å². The van der Waals surface area contributed by atoms with E-state index in [0.717, 1.165) is 0 Å². The minimum Gasteiger partial charge on any atom is -0.481 e. The number of carbonyl (C=O) groups is 1. The van der Waals surface area contributed by atoms with Crippen molar-refractivity contribution in [1.29, 1.82) is 0 Å². The molecule has 0 aromatic heterocycles. The molecule has 0 amide bonds. The van der Waals surface area contributed by atoms with Crippen LogP contribution in [0.5, 0.6) is 0 Å². The van der Waals surface area contributed by atoms with Crippen LogP contribution in [0.4, 0.5) is 0 Å². The topological polar surface area (TPSA) is 37.3 Å². The molecule has 0 radical (unpaired) electrons. The second-order valence-electron chi connectivity index (χ2n) is 6.46. The Kier molecular flexibility index (Phi) is 6.70. The van der Waals surface area contributed by atoms with Gasteiger partial charge in [0.2, 0.25) is 0 Å². The first kappa shape index (κ1) is 16.8. The first-order valence-corrected chi connectivity index (χ1v) is 8.66. The van der Waals surface area contributed by atoms with Gasteiger partial charge < -0.3 is 5.11 Å². The van der Waals surface area contributed by atoms with Crippen LogP contribution in [0.1, 0.15) is 68.9 Å². The van der Waals surface area contributed by atoms with Crippen LogP contribution in [-0.2, 0) is 11.2 Å². The lowest BCUT2D eigenvalue weighted by molar-refractivity contribution is -0.136. The summed E-state index contributed by atoms with van der Waals surface area (Å²) in [4.78, 5) is 10.5. The van der Waals surface area contributed by atoms with Gasteiger partial charge in [0.05, 0.1) is 0 Å². The van der Waals surface area contributed by atoms with E-state index in [-0.39, 0.29) is 6.42 Å². The fourth-order valence-electron chi connectivity index (χ4n) is 3.39. The van der Waals surface area contributed by atoms with Crippen LogP contribution >= 0.6 is 0 Å². The molecule has 1 fully saturated rings. The second-order valence-corrected chi connectivity index (χ2v) is 6.46. The molecule has 2 rings (SSSR count). The molecule has 0 saturated heterocycles. The Labute approximate surface area is 134 Å². The van der Waals surface area contributed by atoms with Crippen molar-refractivity contribution in [2.45, 2.75) is 64.2 Å². The third-order valence-electron chi connectivity index (χ3n) is 4.69. The lowest BCUT2D eigenvalue weighted by atomic mass is 9.78. The highest BCUT2D eigenvalue weighted by Crippen LogP contribution is 2.36. The fraction of sp³-hybridized carbons (Fsp3) is 0.550. The zero-order chi connectivity index (χ0) is 15.8. The molecule has 1 aromatic rings. The lowest BCUT2D eigenvalue weighted by Crippen LogP contribution is -2.11. The minimum atomic E-state index is -0.708. The summed E-state index contributed by atoms with van der Waals surface area (Å²) in [7, 11) is 0. The van der Waals surface area contributed by atoms with Gasteiger partial charge in [0.15, 0.2) is 0 Å². The number of allylic oxidation sites excluding steroid dienone is 2. The van der Waals surface area contributed by atoms with Crippen LogP contribution in [0.3, 0.4) is 0 Å². The average Bonchev–Trinajstić information content (AvgIpc) is 2.53. The second kappa shape index (κ2) is 8.77. The Balaban J connectivity index is 1.77. The first-order chi connectivity index (χ1) is 10.7. The van der Waals surface area contributed by atoms with Gasteiger partial charge in [-0.3, -0.25) is 4.79 Å². The highest BCUT2D eigenvalue weighted by molar-refractivity contribution is 5.66. The van der Waals surface area contributed by atoms with Gasteiger partial charge >= 0.3 is 5.97 Å². The summed E-state index contributed by atoms with van der Waals surface area (Å²) in [5.74, 6) is 0.642. The van der Waals surface area contributed by atoms with Gasteiger partial charge in [0.25, 0.3) is 0 Å². The summed E-state index contributed by atoms with van der Waals surface area (Å²) in [6, 6.07) is 9.21. The van der Waals surface area contributed by atoms with Crippen LogP contribution in [0.25, 0.3) is 0 Å². The summed E-state index contributed by atoms with van der Waals surface area (Å²) in [5, 5.41) is 8.63. The van der Waals surface area contributed by atoms with Crippen molar-refractivity contribution in [2.75, 3.05) is 0 Å². The molecule has 2 nitrogen and oxygen atoms in total. The van der Waals surface area contributed by atoms with Crippen molar-refractivity contribution in [1.82, 2.24) is 0 Å².